The van der Waals surface area contributed by atoms with Crippen molar-refractivity contribution in [1.82, 2.24) is 29.2 Å². The number of hydrogen-bond acceptors (Lipinski definition) is 5. The first-order valence-electron chi connectivity index (χ1n) is 13.8. The minimum Gasteiger partial charge on any atom is -0.341 e. The molecule has 37 heavy (non-hydrogen) atoms. The molecule has 3 aliphatic rings. The van der Waals surface area contributed by atoms with Crippen molar-refractivity contribution in [2.75, 3.05) is 39.8 Å². The Labute approximate surface area is 220 Å². The standard InChI is InChI=1S/C30H38N6O/c1-22-17-34(21-32-22)18-23-7-6-14-36(19-23)30(37)27-20-35(16-15-33(27)2)29-26-10-4-3-8-24(26)11-12-25-9-5-13-31-28(25)29/h3-5,8-10,13,17,21,23,27,29H,6-7,11-12,14-16,18-20H2,1-2H3/t23-,27+,29+/m0/s1. The molecule has 2 aliphatic heterocycles. The highest BCUT2D eigenvalue weighted by atomic mass is 16.2. The lowest BCUT2D eigenvalue weighted by Gasteiger charge is -2.45. The second-order valence-corrected chi connectivity index (χ2v) is 11.1. The fourth-order valence-electron chi connectivity index (χ4n) is 6.61. The number of piperidine rings is 1. The Kier molecular flexibility index (Phi) is 6.82. The third kappa shape index (κ3) is 4.94. The van der Waals surface area contributed by atoms with Crippen molar-refractivity contribution < 1.29 is 4.79 Å². The molecule has 6 rings (SSSR count). The van der Waals surface area contributed by atoms with Crippen molar-refractivity contribution in [3.05, 3.63) is 83.2 Å². The van der Waals surface area contributed by atoms with E-state index in [0.29, 0.717) is 5.92 Å². The van der Waals surface area contributed by atoms with Crippen LogP contribution in [0.4, 0.5) is 0 Å². The molecule has 1 aromatic carbocycles. The molecular formula is C30H38N6O. The van der Waals surface area contributed by atoms with Crippen LogP contribution < -0.4 is 0 Å². The third-order valence-corrected chi connectivity index (χ3v) is 8.59. The first-order chi connectivity index (χ1) is 18.1. The lowest BCUT2D eigenvalue weighted by atomic mass is 9.94. The van der Waals surface area contributed by atoms with E-state index < -0.39 is 0 Å². The van der Waals surface area contributed by atoms with E-state index in [1.165, 1.54) is 16.7 Å². The normalized spacial score (nSPS) is 24.8. The number of rotatable bonds is 4. The van der Waals surface area contributed by atoms with Crippen molar-refractivity contribution in [1.29, 1.82) is 0 Å². The summed E-state index contributed by atoms with van der Waals surface area (Å²) < 4.78 is 2.18. The number of piperazine rings is 1. The maximum Gasteiger partial charge on any atom is 0.241 e. The van der Waals surface area contributed by atoms with Gasteiger partial charge >= 0.3 is 0 Å². The monoisotopic (exact) mass is 498 g/mol. The summed E-state index contributed by atoms with van der Waals surface area (Å²) in [5.41, 5.74) is 6.30. The maximum atomic E-state index is 14.0. The van der Waals surface area contributed by atoms with Gasteiger partial charge in [-0.05, 0) is 68.3 Å². The highest BCUT2D eigenvalue weighted by molar-refractivity contribution is 5.82. The van der Waals surface area contributed by atoms with Crippen LogP contribution in [0.5, 0.6) is 0 Å². The van der Waals surface area contributed by atoms with Crippen LogP contribution in [-0.4, -0.2) is 81.0 Å². The van der Waals surface area contributed by atoms with Crippen LogP contribution in [0.2, 0.25) is 0 Å². The number of likely N-dealkylation sites (N-methyl/N-ethyl adjacent to an activating group) is 1. The van der Waals surface area contributed by atoms with Gasteiger partial charge in [0.2, 0.25) is 5.91 Å². The zero-order valence-corrected chi connectivity index (χ0v) is 22.1. The van der Waals surface area contributed by atoms with Crippen molar-refractivity contribution in [3.63, 3.8) is 0 Å². The molecule has 2 fully saturated rings. The number of aromatic nitrogens is 3. The van der Waals surface area contributed by atoms with Crippen LogP contribution in [-0.2, 0) is 24.2 Å². The predicted octanol–water partition coefficient (Wildman–Crippen LogP) is 3.33. The number of nitrogens with zero attached hydrogens (tertiary/aromatic N) is 6. The summed E-state index contributed by atoms with van der Waals surface area (Å²) in [6.07, 6.45) is 10.2. The molecule has 1 aliphatic carbocycles. The van der Waals surface area contributed by atoms with Gasteiger partial charge in [0.1, 0.15) is 6.04 Å². The molecule has 4 heterocycles. The maximum absolute atomic E-state index is 14.0. The average Bonchev–Trinajstić information content (AvgIpc) is 3.25. The average molecular weight is 499 g/mol. The van der Waals surface area contributed by atoms with Gasteiger partial charge in [-0.15, -0.1) is 0 Å². The van der Waals surface area contributed by atoms with Gasteiger partial charge in [0.25, 0.3) is 0 Å². The minimum absolute atomic E-state index is 0.0949. The number of carbonyl (C=O) groups is 1. The summed E-state index contributed by atoms with van der Waals surface area (Å²) in [6, 6.07) is 13.1. The topological polar surface area (TPSA) is 57.5 Å². The van der Waals surface area contributed by atoms with Gasteiger partial charge in [-0.2, -0.15) is 0 Å². The second kappa shape index (κ2) is 10.4. The highest BCUT2D eigenvalue weighted by Gasteiger charge is 2.39. The highest BCUT2D eigenvalue weighted by Crippen LogP contribution is 2.36. The third-order valence-electron chi connectivity index (χ3n) is 8.59. The molecule has 0 saturated carbocycles. The van der Waals surface area contributed by atoms with Crippen molar-refractivity contribution in [2.24, 2.45) is 5.92 Å². The van der Waals surface area contributed by atoms with Crippen LogP contribution in [0.1, 0.15) is 47.0 Å². The van der Waals surface area contributed by atoms with Gasteiger partial charge < -0.3 is 9.47 Å². The second-order valence-electron chi connectivity index (χ2n) is 11.1. The number of carbonyl (C=O) groups excluding carboxylic acids is 1. The molecule has 0 N–H and O–H groups in total. The van der Waals surface area contributed by atoms with E-state index in [9.17, 15) is 4.79 Å². The van der Waals surface area contributed by atoms with Crippen LogP contribution >= 0.6 is 0 Å². The number of pyridine rings is 1. The summed E-state index contributed by atoms with van der Waals surface area (Å²) in [5, 5.41) is 0. The zero-order chi connectivity index (χ0) is 25.4. The van der Waals surface area contributed by atoms with Gasteiger partial charge in [0, 0.05) is 51.7 Å². The summed E-state index contributed by atoms with van der Waals surface area (Å²) in [6.45, 7) is 7.18. The summed E-state index contributed by atoms with van der Waals surface area (Å²) in [7, 11) is 2.11. The number of amides is 1. The van der Waals surface area contributed by atoms with E-state index in [1.54, 1.807) is 0 Å². The molecule has 194 valence electrons. The molecular weight excluding hydrogens is 460 g/mol. The largest absolute Gasteiger partial charge is 0.341 e. The number of aryl methyl sites for hydroxylation is 3. The van der Waals surface area contributed by atoms with Crippen LogP contribution in [0.25, 0.3) is 0 Å². The smallest absolute Gasteiger partial charge is 0.241 e. The van der Waals surface area contributed by atoms with E-state index in [1.807, 2.05) is 19.4 Å². The van der Waals surface area contributed by atoms with Crippen LogP contribution in [0, 0.1) is 12.8 Å². The quantitative estimate of drug-likeness (QED) is 0.552. The molecule has 2 aromatic heterocycles. The molecule has 2 saturated heterocycles. The van der Waals surface area contributed by atoms with Gasteiger partial charge in [0.05, 0.1) is 23.8 Å². The van der Waals surface area contributed by atoms with Crippen molar-refractivity contribution >= 4 is 5.91 Å². The number of benzene rings is 1. The summed E-state index contributed by atoms with van der Waals surface area (Å²) >= 11 is 0. The van der Waals surface area contributed by atoms with E-state index in [-0.39, 0.29) is 18.0 Å². The Morgan fingerprint density at radius 1 is 1.00 bits per heavy atom. The number of likely N-dealkylation sites (tertiary alicyclic amines) is 1. The Morgan fingerprint density at radius 3 is 2.70 bits per heavy atom. The van der Waals surface area contributed by atoms with Crippen molar-refractivity contribution in [3.8, 4) is 0 Å². The summed E-state index contributed by atoms with van der Waals surface area (Å²) in [5.74, 6) is 0.753. The van der Waals surface area contributed by atoms with Gasteiger partial charge in [0.15, 0.2) is 0 Å². The Morgan fingerprint density at radius 2 is 1.84 bits per heavy atom. The van der Waals surface area contributed by atoms with Crippen LogP contribution in [0.15, 0.2) is 55.1 Å². The molecule has 3 aromatic rings. The van der Waals surface area contributed by atoms with E-state index in [2.05, 4.69) is 73.9 Å². The van der Waals surface area contributed by atoms with Crippen molar-refractivity contribution in [2.45, 2.75) is 51.2 Å². The Balaban J connectivity index is 1.23. The molecule has 0 bridgehead atoms. The SMILES string of the molecule is Cc1cn(C[C@@H]2CCCN(C(=O)[C@H]3CN([C@@H]4c5ccccc5CCc5cccnc54)CCN3C)C2)cn1. The molecule has 7 heteroatoms. The fraction of sp³-hybridized carbons (Fsp3) is 0.500. The predicted molar refractivity (Wildman–Crippen MR) is 144 cm³/mol. The lowest BCUT2D eigenvalue weighted by Crippen LogP contribution is -2.60. The van der Waals surface area contributed by atoms with Crippen LogP contribution in [0.3, 0.4) is 0 Å². The molecule has 0 unspecified atom stereocenters. The lowest BCUT2D eigenvalue weighted by molar-refractivity contribution is -0.141. The summed E-state index contributed by atoms with van der Waals surface area (Å²) in [4.78, 5) is 30.2. The van der Waals surface area contributed by atoms with E-state index >= 15 is 0 Å². The number of hydrogen-bond donors (Lipinski definition) is 0. The Hall–Kier alpha value is -3.03. The minimum atomic E-state index is -0.134. The van der Waals surface area contributed by atoms with E-state index in [4.69, 9.17) is 4.98 Å². The van der Waals surface area contributed by atoms with Gasteiger partial charge in [-0.25, -0.2) is 4.98 Å². The molecule has 7 nitrogen and oxygen atoms in total. The fourth-order valence-corrected chi connectivity index (χ4v) is 6.61. The van der Waals surface area contributed by atoms with Gasteiger partial charge in [-0.3, -0.25) is 19.6 Å². The Bertz CT molecular complexity index is 1210. The molecule has 3 atom stereocenters. The molecule has 0 spiro atoms. The first kappa shape index (κ1) is 24.3. The van der Waals surface area contributed by atoms with Gasteiger partial charge in [-0.1, -0.05) is 30.3 Å². The number of fused-ring (bicyclic) bond motifs is 2. The number of imidazole rings is 1. The zero-order valence-electron chi connectivity index (χ0n) is 22.1. The molecule has 1 amide bonds. The first-order valence-corrected chi connectivity index (χ1v) is 13.8. The van der Waals surface area contributed by atoms with E-state index in [0.717, 1.165) is 76.3 Å². The molecule has 0 radical (unpaired) electrons.